The van der Waals surface area contributed by atoms with E-state index in [2.05, 4.69) is 12.0 Å². The highest BCUT2D eigenvalue weighted by Crippen LogP contribution is 2.22. The Labute approximate surface area is 172 Å². The molecule has 7 heteroatoms. The molecular formula is C21H31ClN4O2. The number of aryl methyl sites for hydroxylation is 1. The largest absolute Gasteiger partial charge is 0.337 e. The Kier molecular flexibility index (Phi) is 8.01. The summed E-state index contributed by atoms with van der Waals surface area (Å²) in [4.78, 5) is 27.8. The molecule has 2 heterocycles. The Morgan fingerprint density at radius 1 is 1.21 bits per heavy atom. The fraction of sp³-hybridized carbons (Fsp3) is 0.571. The number of unbranched alkanes of at least 4 members (excludes halogenated alkanes) is 2. The zero-order valence-electron chi connectivity index (χ0n) is 16.8. The van der Waals surface area contributed by atoms with Crippen LogP contribution in [0.2, 0.25) is 0 Å². The molecule has 1 aliphatic rings. The van der Waals surface area contributed by atoms with Gasteiger partial charge < -0.3 is 10.6 Å². The highest BCUT2D eigenvalue weighted by Gasteiger charge is 2.28. The predicted octanol–water partition coefficient (Wildman–Crippen LogP) is 3.21. The average molecular weight is 407 g/mol. The number of carbonyl (C=O) groups is 1. The molecular weight excluding hydrogens is 376 g/mol. The summed E-state index contributed by atoms with van der Waals surface area (Å²) in [5, 5.41) is 5.70. The number of carbonyl (C=O) groups excluding carboxylic acids is 1. The number of nitrogens with two attached hydrogens (primary N) is 1. The number of fused-ring (bicyclic) bond motifs is 1. The van der Waals surface area contributed by atoms with Gasteiger partial charge in [0.05, 0.1) is 5.39 Å². The first-order valence-corrected chi connectivity index (χ1v) is 10.1. The van der Waals surface area contributed by atoms with Crippen LogP contribution in [0.1, 0.15) is 56.4 Å². The Balaban J connectivity index is 0.00000280. The Bertz CT molecular complexity index is 857. The van der Waals surface area contributed by atoms with Crippen molar-refractivity contribution in [2.75, 3.05) is 13.1 Å². The van der Waals surface area contributed by atoms with E-state index in [1.807, 2.05) is 30.0 Å². The van der Waals surface area contributed by atoms with Crippen molar-refractivity contribution < 1.29 is 4.79 Å². The van der Waals surface area contributed by atoms with Crippen LogP contribution in [0.3, 0.4) is 0 Å². The Morgan fingerprint density at radius 2 is 1.86 bits per heavy atom. The number of likely N-dealkylation sites (tertiary alicyclic amines) is 1. The molecule has 1 amide bonds. The number of piperidine rings is 1. The van der Waals surface area contributed by atoms with Crippen LogP contribution in [0.25, 0.3) is 10.8 Å². The van der Waals surface area contributed by atoms with Crippen molar-refractivity contribution in [1.29, 1.82) is 0 Å². The SMILES string of the molecule is CCCCCn1nc(C(=O)N2CCC(C(C)N)CC2)c2ccccc2c1=O.Cl. The van der Waals surface area contributed by atoms with E-state index in [4.69, 9.17) is 5.73 Å². The molecule has 1 aromatic carbocycles. The number of hydrogen-bond donors (Lipinski definition) is 1. The normalized spacial score (nSPS) is 16.0. The van der Waals surface area contributed by atoms with Gasteiger partial charge in [-0.15, -0.1) is 12.4 Å². The lowest BCUT2D eigenvalue weighted by Crippen LogP contribution is -2.43. The van der Waals surface area contributed by atoms with Crippen LogP contribution in [0, 0.1) is 5.92 Å². The summed E-state index contributed by atoms with van der Waals surface area (Å²) < 4.78 is 1.47. The summed E-state index contributed by atoms with van der Waals surface area (Å²) in [6, 6.07) is 7.45. The number of rotatable bonds is 6. The Morgan fingerprint density at radius 3 is 2.46 bits per heavy atom. The Hall–Kier alpha value is -1.92. The van der Waals surface area contributed by atoms with E-state index in [1.54, 1.807) is 6.07 Å². The maximum atomic E-state index is 13.2. The van der Waals surface area contributed by atoms with Gasteiger partial charge >= 0.3 is 0 Å². The molecule has 0 spiro atoms. The third-order valence-electron chi connectivity index (χ3n) is 5.61. The third kappa shape index (κ3) is 4.73. The third-order valence-corrected chi connectivity index (χ3v) is 5.61. The lowest BCUT2D eigenvalue weighted by Gasteiger charge is -2.33. The monoisotopic (exact) mass is 406 g/mol. The average Bonchev–Trinajstić information content (AvgIpc) is 2.69. The molecule has 1 atom stereocenters. The second kappa shape index (κ2) is 10.0. The summed E-state index contributed by atoms with van der Waals surface area (Å²) in [6.07, 6.45) is 4.82. The maximum absolute atomic E-state index is 13.2. The minimum Gasteiger partial charge on any atom is -0.337 e. The summed E-state index contributed by atoms with van der Waals surface area (Å²) in [5.74, 6) is 0.375. The van der Waals surface area contributed by atoms with Gasteiger partial charge in [0.15, 0.2) is 5.69 Å². The van der Waals surface area contributed by atoms with Crippen LogP contribution in [-0.2, 0) is 6.54 Å². The number of nitrogens with zero attached hydrogens (tertiary/aromatic N) is 3. The first-order chi connectivity index (χ1) is 13.0. The van der Waals surface area contributed by atoms with Gasteiger partial charge in [0.2, 0.25) is 0 Å². The molecule has 1 fully saturated rings. The first-order valence-electron chi connectivity index (χ1n) is 10.1. The quantitative estimate of drug-likeness (QED) is 0.747. The van der Waals surface area contributed by atoms with E-state index >= 15 is 0 Å². The topological polar surface area (TPSA) is 81.2 Å². The molecule has 0 bridgehead atoms. The number of benzene rings is 1. The molecule has 3 rings (SSSR count). The molecule has 1 aliphatic heterocycles. The maximum Gasteiger partial charge on any atom is 0.274 e. The van der Waals surface area contributed by atoms with Crippen LogP contribution in [0.5, 0.6) is 0 Å². The minimum absolute atomic E-state index is 0. The van der Waals surface area contributed by atoms with Crippen LogP contribution in [-0.4, -0.2) is 39.7 Å². The van der Waals surface area contributed by atoms with Crippen molar-refractivity contribution >= 4 is 29.1 Å². The van der Waals surface area contributed by atoms with Gasteiger partial charge in [-0.25, -0.2) is 4.68 Å². The van der Waals surface area contributed by atoms with Crippen molar-refractivity contribution in [2.24, 2.45) is 11.7 Å². The van der Waals surface area contributed by atoms with E-state index in [-0.39, 0.29) is 29.9 Å². The number of aromatic nitrogens is 2. The second-order valence-electron chi connectivity index (χ2n) is 7.62. The van der Waals surface area contributed by atoms with Gasteiger partial charge in [-0.3, -0.25) is 9.59 Å². The lowest BCUT2D eigenvalue weighted by molar-refractivity contribution is 0.0674. The zero-order chi connectivity index (χ0) is 19.4. The van der Waals surface area contributed by atoms with Gasteiger partial charge in [-0.2, -0.15) is 5.10 Å². The molecule has 0 saturated carbocycles. The summed E-state index contributed by atoms with van der Waals surface area (Å²) >= 11 is 0. The lowest BCUT2D eigenvalue weighted by atomic mass is 9.91. The standard InChI is InChI=1S/C21H30N4O2.ClH/c1-3-4-7-12-25-20(26)18-9-6-5-8-17(18)19(23-25)21(27)24-13-10-16(11-14-24)15(2)22;/h5-6,8-9,15-16H,3-4,7,10-14,22H2,1-2H3;1H. The highest BCUT2D eigenvalue weighted by molar-refractivity contribution is 6.04. The molecule has 1 unspecified atom stereocenters. The number of halogens is 1. The van der Waals surface area contributed by atoms with E-state index < -0.39 is 0 Å². The summed E-state index contributed by atoms with van der Waals surface area (Å²) in [7, 11) is 0. The van der Waals surface area contributed by atoms with E-state index in [0.29, 0.717) is 42.0 Å². The van der Waals surface area contributed by atoms with E-state index in [9.17, 15) is 9.59 Å². The summed E-state index contributed by atoms with van der Waals surface area (Å²) in [6.45, 7) is 6.08. The van der Waals surface area contributed by atoms with Crippen molar-refractivity contribution in [3.05, 3.63) is 40.3 Å². The number of hydrogen-bond acceptors (Lipinski definition) is 4. The molecule has 1 aromatic heterocycles. The smallest absolute Gasteiger partial charge is 0.274 e. The van der Waals surface area contributed by atoms with E-state index in [1.165, 1.54) is 4.68 Å². The van der Waals surface area contributed by atoms with Crippen LogP contribution in [0.15, 0.2) is 29.1 Å². The fourth-order valence-corrected chi connectivity index (χ4v) is 3.83. The number of amides is 1. The molecule has 2 aromatic rings. The van der Waals surface area contributed by atoms with Gasteiger partial charge in [0, 0.05) is 31.1 Å². The molecule has 2 N–H and O–H groups in total. The minimum atomic E-state index is -0.117. The van der Waals surface area contributed by atoms with Gasteiger partial charge in [-0.05, 0) is 38.2 Å². The van der Waals surface area contributed by atoms with Gasteiger partial charge in [0.1, 0.15) is 0 Å². The summed E-state index contributed by atoms with van der Waals surface area (Å²) in [5.41, 5.74) is 6.29. The first kappa shape index (κ1) is 22.4. The molecule has 1 saturated heterocycles. The molecule has 0 radical (unpaired) electrons. The molecule has 0 aliphatic carbocycles. The second-order valence-corrected chi connectivity index (χ2v) is 7.62. The van der Waals surface area contributed by atoms with Crippen molar-refractivity contribution in [3.8, 4) is 0 Å². The zero-order valence-corrected chi connectivity index (χ0v) is 17.6. The van der Waals surface area contributed by atoms with Crippen molar-refractivity contribution in [3.63, 3.8) is 0 Å². The highest BCUT2D eigenvalue weighted by atomic mass is 35.5. The molecule has 154 valence electrons. The molecule has 6 nitrogen and oxygen atoms in total. The van der Waals surface area contributed by atoms with Crippen molar-refractivity contribution in [2.45, 2.75) is 58.5 Å². The van der Waals surface area contributed by atoms with Gasteiger partial charge in [-0.1, -0.05) is 38.0 Å². The molecule has 28 heavy (non-hydrogen) atoms. The van der Waals surface area contributed by atoms with Gasteiger partial charge in [0.25, 0.3) is 11.5 Å². The fourth-order valence-electron chi connectivity index (χ4n) is 3.83. The van der Waals surface area contributed by atoms with E-state index in [0.717, 1.165) is 32.1 Å². The predicted molar refractivity (Wildman–Crippen MR) is 115 cm³/mol. The van der Waals surface area contributed by atoms with Crippen LogP contribution >= 0.6 is 12.4 Å². The van der Waals surface area contributed by atoms with Crippen LogP contribution in [0.4, 0.5) is 0 Å². The van der Waals surface area contributed by atoms with Crippen LogP contribution < -0.4 is 11.3 Å². The van der Waals surface area contributed by atoms with Crippen molar-refractivity contribution in [1.82, 2.24) is 14.7 Å².